The predicted octanol–water partition coefficient (Wildman–Crippen LogP) is 0.850. The van der Waals surface area contributed by atoms with Crippen LogP contribution in [0, 0.1) is 0 Å². The van der Waals surface area contributed by atoms with Gasteiger partial charge in [0.15, 0.2) is 0 Å². The van der Waals surface area contributed by atoms with Crippen molar-refractivity contribution in [3.8, 4) is 0 Å². The molecule has 0 atom stereocenters. The lowest BCUT2D eigenvalue weighted by molar-refractivity contribution is 0.480. The number of rotatable bonds is 3. The molecule has 0 fully saturated rings. The van der Waals surface area contributed by atoms with Crippen molar-refractivity contribution in [2.45, 2.75) is 14.7 Å². The van der Waals surface area contributed by atoms with Crippen LogP contribution in [0.5, 0.6) is 0 Å². The first-order chi connectivity index (χ1) is 8.83. The molecule has 2 aromatic rings. The monoisotopic (exact) mass is 324 g/mol. The Kier molecular flexibility index (Phi) is 5.33. The minimum absolute atomic E-state index is 0. The second kappa shape index (κ2) is 6.23. The zero-order valence-electron chi connectivity index (χ0n) is 9.59. The van der Waals surface area contributed by atoms with Crippen molar-refractivity contribution < 1.29 is 21.4 Å². The zero-order valence-corrected chi connectivity index (χ0v) is 11.2. The summed E-state index contributed by atoms with van der Waals surface area (Å²) >= 11 is 0. The molecule has 0 aromatic heterocycles. The van der Waals surface area contributed by atoms with E-state index in [-0.39, 0.29) is 27.9 Å². The first-order valence-corrected chi connectivity index (χ1v) is 8.12. The van der Waals surface area contributed by atoms with Gasteiger partial charge in [0.2, 0.25) is 9.84 Å². The van der Waals surface area contributed by atoms with E-state index in [2.05, 4.69) is 0 Å². The summed E-state index contributed by atoms with van der Waals surface area (Å²) in [6, 6.07) is 12.3. The Bertz CT molecular complexity index is 799. The van der Waals surface area contributed by atoms with Gasteiger partial charge >= 0.3 is 23.1 Å². The first kappa shape index (κ1) is 17.1. The molecule has 0 bridgehead atoms. The summed E-state index contributed by atoms with van der Waals surface area (Å²) in [6.45, 7) is 0. The van der Waals surface area contributed by atoms with E-state index in [4.69, 9.17) is 4.55 Å². The van der Waals surface area contributed by atoms with Crippen LogP contribution in [0.4, 0.5) is 0 Å². The summed E-state index contributed by atoms with van der Waals surface area (Å²) in [5, 5.41) is 0. The van der Waals surface area contributed by atoms with Gasteiger partial charge in [0, 0.05) is 0 Å². The molecule has 0 saturated heterocycles. The van der Waals surface area contributed by atoms with Crippen LogP contribution in [0.25, 0.3) is 0 Å². The van der Waals surface area contributed by atoms with Gasteiger partial charge in [0.05, 0.1) is 9.79 Å². The van der Waals surface area contributed by atoms with Gasteiger partial charge < -0.3 is 0 Å². The third kappa shape index (κ3) is 3.39. The van der Waals surface area contributed by atoms with Crippen molar-refractivity contribution >= 4 is 43.0 Å². The van der Waals surface area contributed by atoms with Crippen LogP contribution in [0.3, 0.4) is 0 Å². The summed E-state index contributed by atoms with van der Waals surface area (Å²) in [5.41, 5.74) is 0. The highest BCUT2D eigenvalue weighted by atomic mass is 32.2. The van der Waals surface area contributed by atoms with Crippen LogP contribution < -0.4 is 0 Å². The first-order valence-electron chi connectivity index (χ1n) is 5.20. The molecular weight excluding hydrogens is 313 g/mol. The Morgan fingerprint density at radius 2 is 1.15 bits per heavy atom. The van der Waals surface area contributed by atoms with Crippen LogP contribution in [-0.4, -0.2) is 44.4 Å². The lowest BCUT2D eigenvalue weighted by Gasteiger charge is -2.08. The Morgan fingerprint density at radius 3 is 1.65 bits per heavy atom. The maximum Gasteiger partial charge on any atom is 0.316 e. The molecule has 0 unspecified atom stereocenters. The zero-order chi connectivity index (χ0) is 14.1. The van der Waals surface area contributed by atoms with E-state index >= 15 is 0 Å². The molecule has 0 aliphatic rings. The summed E-state index contributed by atoms with van der Waals surface area (Å²) in [4.78, 5) is -1.10. The third-order valence-electron chi connectivity index (χ3n) is 2.47. The van der Waals surface area contributed by atoms with Gasteiger partial charge in [-0.1, -0.05) is 30.3 Å². The average molecular weight is 325 g/mol. The van der Waals surface area contributed by atoms with Crippen molar-refractivity contribution in [3.63, 3.8) is 0 Å². The molecule has 0 aliphatic heterocycles. The van der Waals surface area contributed by atoms with Gasteiger partial charge in [-0.05, 0) is 24.3 Å². The summed E-state index contributed by atoms with van der Waals surface area (Å²) in [6.07, 6.45) is 0. The minimum Gasteiger partial charge on any atom is -0.282 e. The number of hydrogen-bond donors (Lipinski definition) is 1. The molecule has 0 heterocycles. The Balaban J connectivity index is 0.00000200. The molecule has 0 radical (unpaired) electrons. The van der Waals surface area contributed by atoms with E-state index in [1.165, 1.54) is 36.4 Å². The Hall–Kier alpha value is -0.934. The molecule has 2 aromatic carbocycles. The van der Waals surface area contributed by atoms with Crippen LogP contribution in [0.15, 0.2) is 69.3 Å². The van der Waals surface area contributed by atoms with Crippen molar-refractivity contribution in [3.05, 3.63) is 54.6 Å². The smallest absolute Gasteiger partial charge is 0.282 e. The second-order valence-electron chi connectivity index (χ2n) is 3.74. The van der Waals surface area contributed by atoms with E-state index in [1.807, 2.05) is 0 Å². The minimum atomic E-state index is -4.60. The van der Waals surface area contributed by atoms with Gasteiger partial charge in [-0.3, -0.25) is 4.55 Å². The van der Waals surface area contributed by atoms with Crippen molar-refractivity contribution in [2.24, 2.45) is 0 Å². The molecule has 8 heteroatoms. The molecule has 0 aliphatic carbocycles. The van der Waals surface area contributed by atoms with Gasteiger partial charge in [-0.25, -0.2) is 8.42 Å². The summed E-state index contributed by atoms with van der Waals surface area (Å²) in [5.74, 6) is 0. The fourth-order valence-electron chi connectivity index (χ4n) is 1.61. The SMILES string of the molecule is O=S(=O)(O)c1ccccc1S(=O)(=O)c1ccccc1.[MgH2]. The molecule has 104 valence electrons. The van der Waals surface area contributed by atoms with Crippen LogP contribution in [0.2, 0.25) is 0 Å². The maximum atomic E-state index is 12.3. The highest BCUT2D eigenvalue weighted by Crippen LogP contribution is 2.26. The second-order valence-corrected chi connectivity index (χ2v) is 7.05. The third-order valence-corrected chi connectivity index (χ3v) is 5.34. The van der Waals surface area contributed by atoms with Crippen LogP contribution >= 0.6 is 0 Å². The summed E-state index contributed by atoms with van der Waals surface area (Å²) in [7, 11) is -8.60. The van der Waals surface area contributed by atoms with Crippen molar-refractivity contribution in [1.82, 2.24) is 0 Å². The predicted molar refractivity (Wildman–Crippen MR) is 76.7 cm³/mol. The number of benzene rings is 2. The van der Waals surface area contributed by atoms with E-state index in [0.717, 1.165) is 12.1 Å². The van der Waals surface area contributed by atoms with E-state index in [1.54, 1.807) is 6.07 Å². The van der Waals surface area contributed by atoms with Crippen LogP contribution in [-0.2, 0) is 20.0 Å². The molecule has 20 heavy (non-hydrogen) atoms. The van der Waals surface area contributed by atoms with Crippen LogP contribution in [0.1, 0.15) is 0 Å². The fraction of sp³-hybridized carbons (Fsp3) is 0. The van der Waals surface area contributed by atoms with Crippen molar-refractivity contribution in [1.29, 1.82) is 0 Å². The topological polar surface area (TPSA) is 88.5 Å². The van der Waals surface area contributed by atoms with Gasteiger partial charge in [-0.15, -0.1) is 0 Å². The fourth-order valence-corrected chi connectivity index (χ4v) is 4.19. The molecule has 2 rings (SSSR count). The van der Waals surface area contributed by atoms with E-state index in [0.29, 0.717) is 0 Å². The lowest BCUT2D eigenvalue weighted by Crippen LogP contribution is -2.09. The Morgan fingerprint density at radius 1 is 0.700 bits per heavy atom. The molecular formula is C12H12MgO5S2. The maximum absolute atomic E-state index is 12.3. The summed E-state index contributed by atoms with van der Waals surface area (Å²) < 4.78 is 56.2. The molecule has 1 N–H and O–H groups in total. The van der Waals surface area contributed by atoms with Crippen molar-refractivity contribution in [2.75, 3.05) is 0 Å². The normalized spacial score (nSPS) is 11.7. The number of hydrogen-bond acceptors (Lipinski definition) is 4. The molecule has 0 spiro atoms. The van der Waals surface area contributed by atoms with E-state index in [9.17, 15) is 16.8 Å². The molecule has 0 saturated carbocycles. The number of sulfone groups is 1. The standard InChI is InChI=1S/C12H10O5S2.Mg.2H/c13-18(14,10-6-2-1-3-7-10)11-8-4-5-9-12(11)19(15,16)17;;;/h1-9H,(H,15,16,17);;;. The molecule has 5 nitrogen and oxygen atoms in total. The van der Waals surface area contributed by atoms with E-state index < -0.39 is 29.7 Å². The van der Waals surface area contributed by atoms with Gasteiger partial charge in [0.25, 0.3) is 10.1 Å². The average Bonchev–Trinajstić information content (AvgIpc) is 2.39. The van der Waals surface area contributed by atoms with Gasteiger partial charge in [0.1, 0.15) is 4.90 Å². The Labute approximate surface area is 133 Å². The largest absolute Gasteiger partial charge is 0.316 e. The highest BCUT2D eigenvalue weighted by Gasteiger charge is 2.26. The quantitative estimate of drug-likeness (QED) is 0.668. The van der Waals surface area contributed by atoms with Gasteiger partial charge in [-0.2, -0.15) is 8.42 Å². The highest BCUT2D eigenvalue weighted by molar-refractivity contribution is 7.92. The molecule has 0 amide bonds. The lowest BCUT2D eigenvalue weighted by atomic mass is 10.4.